The van der Waals surface area contributed by atoms with Crippen LogP contribution in [0.15, 0.2) is 36.4 Å². The SMILES string of the molecule is CC(=O)C1CC1.O=C(CCc1ccc2nnn(C3CC3)c2c1)C1CC1.OCc1ccc2nnn(C3CC3)c2c1. The Morgan fingerprint density at radius 2 is 1.28 bits per heavy atom. The van der Waals surface area contributed by atoms with Crippen molar-refractivity contribution in [1.82, 2.24) is 30.0 Å². The molecule has 0 atom stereocenters. The molecule has 2 heterocycles. The number of nitrogens with zero attached hydrogens (tertiary/aromatic N) is 6. The van der Waals surface area contributed by atoms with Crippen LogP contribution in [0.25, 0.3) is 22.1 Å². The summed E-state index contributed by atoms with van der Waals surface area (Å²) in [4.78, 5) is 22.0. The molecule has 4 aliphatic rings. The average molecular weight is 529 g/mol. The molecule has 0 saturated heterocycles. The van der Waals surface area contributed by atoms with Crippen molar-refractivity contribution < 1.29 is 14.7 Å². The Labute approximate surface area is 227 Å². The highest BCUT2D eigenvalue weighted by Gasteiger charge is 2.29. The second kappa shape index (κ2) is 11.0. The van der Waals surface area contributed by atoms with Gasteiger partial charge in [0.05, 0.1) is 29.7 Å². The van der Waals surface area contributed by atoms with Crippen LogP contribution in [0.1, 0.15) is 87.9 Å². The smallest absolute Gasteiger partial charge is 0.136 e. The summed E-state index contributed by atoms with van der Waals surface area (Å²) < 4.78 is 4.01. The van der Waals surface area contributed by atoms with E-state index in [1.54, 1.807) is 6.92 Å². The molecule has 9 nitrogen and oxygen atoms in total. The van der Waals surface area contributed by atoms with Gasteiger partial charge in [-0.2, -0.15) is 0 Å². The number of hydrogen-bond donors (Lipinski definition) is 1. The van der Waals surface area contributed by atoms with E-state index in [0.29, 0.717) is 41.9 Å². The maximum atomic E-state index is 11.7. The van der Waals surface area contributed by atoms with Crippen LogP contribution in [0.5, 0.6) is 0 Å². The first-order valence-electron chi connectivity index (χ1n) is 14.3. The van der Waals surface area contributed by atoms with E-state index in [2.05, 4.69) is 32.8 Å². The van der Waals surface area contributed by atoms with Gasteiger partial charge in [-0.15, -0.1) is 10.2 Å². The average Bonchev–Trinajstić information content (AvgIpc) is 3.76. The molecule has 4 saturated carbocycles. The number of rotatable bonds is 8. The van der Waals surface area contributed by atoms with Crippen molar-refractivity contribution >= 4 is 33.6 Å². The summed E-state index contributed by atoms with van der Waals surface area (Å²) >= 11 is 0. The molecule has 9 heteroatoms. The van der Waals surface area contributed by atoms with Gasteiger partial charge in [-0.3, -0.25) is 9.59 Å². The number of aryl methyl sites for hydroxylation is 1. The fourth-order valence-corrected chi connectivity index (χ4v) is 4.76. The molecule has 2 aromatic carbocycles. The first-order valence-corrected chi connectivity index (χ1v) is 14.3. The van der Waals surface area contributed by atoms with Crippen molar-refractivity contribution in [1.29, 1.82) is 0 Å². The summed E-state index contributed by atoms with van der Waals surface area (Å²) in [5.74, 6) is 1.65. The molecule has 0 unspecified atom stereocenters. The van der Waals surface area contributed by atoms with Crippen molar-refractivity contribution in [3.05, 3.63) is 47.5 Å². The van der Waals surface area contributed by atoms with Crippen LogP contribution >= 0.6 is 0 Å². The molecular formula is C30H36N6O3. The molecule has 204 valence electrons. The summed E-state index contributed by atoms with van der Waals surface area (Å²) in [5.41, 5.74) is 6.18. The third kappa shape index (κ3) is 6.41. The highest BCUT2D eigenvalue weighted by molar-refractivity contribution is 5.83. The van der Waals surface area contributed by atoms with Gasteiger partial charge < -0.3 is 5.11 Å². The zero-order valence-electron chi connectivity index (χ0n) is 22.5. The molecule has 0 spiro atoms. The van der Waals surface area contributed by atoms with E-state index in [1.165, 1.54) is 31.2 Å². The Hall–Kier alpha value is -3.46. The van der Waals surface area contributed by atoms with Crippen LogP contribution in [0.4, 0.5) is 0 Å². The maximum absolute atomic E-state index is 11.7. The molecule has 8 rings (SSSR count). The second-order valence-corrected chi connectivity index (χ2v) is 11.5. The van der Waals surface area contributed by atoms with Crippen LogP contribution in [0.3, 0.4) is 0 Å². The summed E-state index contributed by atoms with van der Waals surface area (Å²) in [6.07, 6.45) is 10.9. The van der Waals surface area contributed by atoms with Gasteiger partial charge in [-0.25, -0.2) is 9.36 Å². The molecular weight excluding hydrogens is 492 g/mol. The summed E-state index contributed by atoms with van der Waals surface area (Å²) in [7, 11) is 0. The quantitative estimate of drug-likeness (QED) is 0.345. The number of aliphatic hydroxyl groups is 1. The van der Waals surface area contributed by atoms with E-state index >= 15 is 0 Å². The minimum Gasteiger partial charge on any atom is -0.392 e. The lowest BCUT2D eigenvalue weighted by molar-refractivity contribution is -0.120. The standard InChI is InChI=1S/C15H17N3O.C10H11N3O.C5H8O/c19-15(11-3-4-11)8-2-10-1-7-13-14(9-10)18(17-16-13)12-5-6-12;14-6-7-1-4-9-10(5-7)13(12-11-9)8-2-3-8;1-4(6)5-2-3-5/h1,7,9,11-12H,2-6,8H2;1,4-5,8,14H,2-3,6H2;5H,2-3H2,1H3. The van der Waals surface area contributed by atoms with Crippen molar-refractivity contribution in [2.24, 2.45) is 11.8 Å². The Kier molecular flexibility index (Phi) is 7.25. The van der Waals surface area contributed by atoms with Gasteiger partial charge in [-0.05, 0) is 100 Å². The number of aromatic nitrogens is 6. The van der Waals surface area contributed by atoms with Gasteiger partial charge in [-0.1, -0.05) is 22.6 Å². The molecule has 2 aromatic heterocycles. The first-order chi connectivity index (χ1) is 19.0. The maximum Gasteiger partial charge on any atom is 0.136 e. The van der Waals surface area contributed by atoms with Crippen molar-refractivity contribution in [3.8, 4) is 0 Å². The highest BCUT2D eigenvalue weighted by atomic mass is 16.3. The lowest BCUT2D eigenvalue weighted by Crippen LogP contribution is -2.02. The lowest BCUT2D eigenvalue weighted by Gasteiger charge is -2.03. The monoisotopic (exact) mass is 528 g/mol. The number of fused-ring (bicyclic) bond motifs is 2. The van der Waals surface area contributed by atoms with Crippen molar-refractivity contribution in [2.45, 2.75) is 89.8 Å². The number of ketones is 2. The van der Waals surface area contributed by atoms with E-state index in [9.17, 15) is 9.59 Å². The predicted molar refractivity (Wildman–Crippen MR) is 147 cm³/mol. The Bertz CT molecular complexity index is 1490. The number of benzene rings is 2. The molecule has 4 fully saturated rings. The molecule has 4 aromatic rings. The Balaban J connectivity index is 0.000000121. The van der Waals surface area contributed by atoms with Gasteiger partial charge in [0, 0.05) is 18.3 Å². The molecule has 0 bridgehead atoms. The second-order valence-electron chi connectivity index (χ2n) is 11.5. The minimum absolute atomic E-state index is 0.0752. The number of aliphatic hydroxyl groups excluding tert-OH is 1. The van der Waals surface area contributed by atoms with Crippen molar-refractivity contribution in [3.63, 3.8) is 0 Å². The van der Waals surface area contributed by atoms with Gasteiger partial charge in [0.25, 0.3) is 0 Å². The molecule has 1 N–H and O–H groups in total. The van der Waals surface area contributed by atoms with Gasteiger partial charge in [0.15, 0.2) is 0 Å². The van der Waals surface area contributed by atoms with E-state index in [4.69, 9.17) is 5.11 Å². The summed E-state index contributed by atoms with van der Waals surface area (Å²) in [5, 5.41) is 25.7. The lowest BCUT2D eigenvalue weighted by atomic mass is 10.0. The van der Waals surface area contributed by atoms with E-state index in [1.807, 2.05) is 33.6 Å². The highest BCUT2D eigenvalue weighted by Crippen LogP contribution is 2.37. The number of Topliss-reactive ketones (excluding diaryl/α,β-unsaturated/α-hetero) is 2. The molecule has 39 heavy (non-hydrogen) atoms. The van der Waals surface area contributed by atoms with Crippen LogP contribution in [0.2, 0.25) is 0 Å². The summed E-state index contributed by atoms with van der Waals surface area (Å²) in [6.45, 7) is 1.74. The Morgan fingerprint density at radius 1 is 0.769 bits per heavy atom. The van der Waals surface area contributed by atoms with Crippen LogP contribution in [-0.2, 0) is 22.6 Å². The van der Waals surface area contributed by atoms with Gasteiger partial charge >= 0.3 is 0 Å². The minimum atomic E-state index is 0.0752. The van der Waals surface area contributed by atoms with Gasteiger partial charge in [0.2, 0.25) is 0 Å². The van der Waals surface area contributed by atoms with E-state index in [-0.39, 0.29) is 6.61 Å². The van der Waals surface area contributed by atoms with Gasteiger partial charge in [0.1, 0.15) is 22.6 Å². The van der Waals surface area contributed by atoms with Crippen molar-refractivity contribution in [2.75, 3.05) is 0 Å². The molecule has 0 amide bonds. The third-order valence-electron chi connectivity index (χ3n) is 7.88. The number of carbonyl (C=O) groups is 2. The van der Waals surface area contributed by atoms with Crippen LogP contribution < -0.4 is 0 Å². The topological polar surface area (TPSA) is 116 Å². The third-order valence-corrected chi connectivity index (χ3v) is 7.88. The molecule has 0 radical (unpaired) electrons. The molecule has 0 aliphatic heterocycles. The largest absolute Gasteiger partial charge is 0.392 e. The van der Waals surface area contributed by atoms with Crippen LogP contribution in [-0.4, -0.2) is 46.7 Å². The zero-order chi connectivity index (χ0) is 26.9. The fourth-order valence-electron chi connectivity index (χ4n) is 4.76. The normalized spacial score (nSPS) is 18.3. The van der Waals surface area contributed by atoms with E-state index in [0.717, 1.165) is 59.7 Å². The zero-order valence-corrected chi connectivity index (χ0v) is 22.5. The first kappa shape index (κ1) is 25.8. The number of carbonyl (C=O) groups excluding carboxylic acids is 2. The number of hydrogen-bond acceptors (Lipinski definition) is 7. The Morgan fingerprint density at radius 3 is 1.72 bits per heavy atom. The molecule has 4 aliphatic carbocycles. The summed E-state index contributed by atoms with van der Waals surface area (Å²) in [6, 6.07) is 13.1. The fraction of sp³-hybridized carbons (Fsp3) is 0.533. The predicted octanol–water partition coefficient (Wildman–Crippen LogP) is 4.92. The van der Waals surface area contributed by atoms with Crippen LogP contribution in [0, 0.1) is 11.8 Å². The van der Waals surface area contributed by atoms with E-state index < -0.39 is 0 Å².